The Hall–Kier alpha value is -1.18. The molecule has 3 rings (SSSR count). The van der Waals surface area contributed by atoms with Gasteiger partial charge in [0.05, 0.1) is 11.5 Å². The molecule has 0 bridgehead atoms. The Morgan fingerprint density at radius 1 is 1.21 bits per heavy atom. The van der Waals surface area contributed by atoms with Crippen molar-refractivity contribution in [3.63, 3.8) is 0 Å². The van der Waals surface area contributed by atoms with Crippen molar-refractivity contribution in [3.8, 4) is 0 Å². The van der Waals surface area contributed by atoms with Crippen molar-refractivity contribution >= 4 is 32.9 Å². The third-order valence-electron chi connectivity index (χ3n) is 4.94. The Morgan fingerprint density at radius 2 is 1.88 bits per heavy atom. The molecule has 2 aliphatic heterocycles. The topological polar surface area (TPSA) is 52.6 Å². The predicted molar refractivity (Wildman–Crippen MR) is 102 cm³/mol. The van der Waals surface area contributed by atoms with Crippen LogP contribution in [0.3, 0.4) is 0 Å². The highest BCUT2D eigenvalue weighted by Gasteiger charge is 2.33. The van der Waals surface area contributed by atoms with E-state index in [0.29, 0.717) is 11.5 Å². The van der Waals surface area contributed by atoms with Gasteiger partial charge in [-0.3, -0.25) is 4.90 Å². The molecule has 0 spiro atoms. The van der Waals surface area contributed by atoms with Gasteiger partial charge in [-0.15, -0.1) is 0 Å². The van der Waals surface area contributed by atoms with E-state index in [0.717, 1.165) is 49.8 Å². The molecule has 0 radical (unpaired) electrons. The molecule has 7 heteroatoms. The van der Waals surface area contributed by atoms with Gasteiger partial charge in [-0.25, -0.2) is 8.42 Å². The Bertz CT molecular complexity index is 680. The number of rotatable bonds is 3. The zero-order valence-corrected chi connectivity index (χ0v) is 15.7. The van der Waals surface area contributed by atoms with Crippen LogP contribution in [0, 0.1) is 0 Å². The second kappa shape index (κ2) is 7.37. The van der Waals surface area contributed by atoms with E-state index < -0.39 is 9.84 Å². The lowest BCUT2D eigenvalue weighted by molar-refractivity contribution is 0.144. The van der Waals surface area contributed by atoms with Crippen LogP contribution in [0.2, 0.25) is 0 Å². The fourth-order valence-corrected chi connectivity index (χ4v) is 5.44. The van der Waals surface area contributed by atoms with Crippen LogP contribution in [0.15, 0.2) is 24.3 Å². The van der Waals surface area contributed by atoms with E-state index in [1.165, 1.54) is 5.56 Å². The first-order chi connectivity index (χ1) is 11.5. The average Bonchev–Trinajstić information content (AvgIpc) is 2.95. The van der Waals surface area contributed by atoms with Crippen molar-refractivity contribution in [3.05, 3.63) is 29.8 Å². The maximum absolute atomic E-state index is 11.6. The molecule has 0 aliphatic carbocycles. The lowest BCUT2D eigenvalue weighted by Gasteiger charge is -2.38. The van der Waals surface area contributed by atoms with Crippen molar-refractivity contribution in [2.45, 2.75) is 25.8 Å². The first-order valence-electron chi connectivity index (χ1n) is 8.56. The van der Waals surface area contributed by atoms with Crippen LogP contribution in [-0.2, 0) is 16.3 Å². The van der Waals surface area contributed by atoms with E-state index in [-0.39, 0.29) is 6.04 Å². The Kier molecular flexibility index (Phi) is 5.42. The number of hydrogen-bond donors (Lipinski definition) is 1. The third kappa shape index (κ3) is 4.26. The van der Waals surface area contributed by atoms with Crippen LogP contribution in [0.5, 0.6) is 0 Å². The molecular formula is C17H25N3O2S2. The fraction of sp³-hybridized carbons (Fsp3) is 0.588. The van der Waals surface area contributed by atoms with Gasteiger partial charge in [0.25, 0.3) is 0 Å². The van der Waals surface area contributed by atoms with Gasteiger partial charge >= 0.3 is 0 Å². The quantitative estimate of drug-likeness (QED) is 0.822. The molecule has 0 saturated carbocycles. The van der Waals surface area contributed by atoms with Crippen LogP contribution in [0.4, 0.5) is 5.69 Å². The maximum atomic E-state index is 11.6. The van der Waals surface area contributed by atoms with Crippen molar-refractivity contribution in [2.24, 2.45) is 0 Å². The lowest BCUT2D eigenvalue weighted by Crippen LogP contribution is -2.53. The van der Waals surface area contributed by atoms with Crippen LogP contribution in [-0.4, -0.2) is 67.1 Å². The molecule has 2 saturated heterocycles. The number of thiocarbonyl (C=S) groups is 1. The van der Waals surface area contributed by atoms with Gasteiger partial charge in [0.2, 0.25) is 0 Å². The Morgan fingerprint density at radius 3 is 2.42 bits per heavy atom. The zero-order valence-electron chi connectivity index (χ0n) is 14.1. The second-order valence-electron chi connectivity index (χ2n) is 6.56. The number of anilines is 1. The molecular weight excluding hydrogens is 342 g/mol. The molecule has 0 aromatic heterocycles. The number of aryl methyl sites for hydroxylation is 1. The molecule has 132 valence electrons. The summed E-state index contributed by atoms with van der Waals surface area (Å²) in [6.45, 7) is 5.57. The monoisotopic (exact) mass is 367 g/mol. The van der Waals surface area contributed by atoms with Crippen molar-refractivity contribution < 1.29 is 8.42 Å². The molecule has 2 aliphatic rings. The summed E-state index contributed by atoms with van der Waals surface area (Å²) in [6, 6.07) is 8.54. The second-order valence-corrected chi connectivity index (χ2v) is 9.18. The number of nitrogens with one attached hydrogen (secondary N) is 1. The molecule has 5 nitrogen and oxygen atoms in total. The summed E-state index contributed by atoms with van der Waals surface area (Å²) in [4.78, 5) is 4.47. The number of benzene rings is 1. The molecule has 0 amide bonds. The van der Waals surface area contributed by atoms with E-state index >= 15 is 0 Å². The van der Waals surface area contributed by atoms with Gasteiger partial charge in [-0.2, -0.15) is 0 Å². The van der Waals surface area contributed by atoms with Gasteiger partial charge in [0.15, 0.2) is 14.9 Å². The van der Waals surface area contributed by atoms with E-state index in [1.54, 1.807) is 0 Å². The summed E-state index contributed by atoms with van der Waals surface area (Å²) >= 11 is 5.53. The van der Waals surface area contributed by atoms with Gasteiger partial charge < -0.3 is 10.2 Å². The normalized spacial score (nSPS) is 24.0. The average molecular weight is 368 g/mol. The van der Waals surface area contributed by atoms with Crippen LogP contribution in [0.1, 0.15) is 18.9 Å². The predicted octanol–water partition coefficient (Wildman–Crippen LogP) is 1.75. The molecule has 1 aromatic carbocycles. The van der Waals surface area contributed by atoms with E-state index in [2.05, 4.69) is 46.3 Å². The van der Waals surface area contributed by atoms with E-state index in [9.17, 15) is 8.42 Å². The minimum Gasteiger partial charge on any atom is -0.346 e. The highest BCUT2D eigenvalue weighted by Crippen LogP contribution is 2.19. The molecule has 24 heavy (non-hydrogen) atoms. The summed E-state index contributed by atoms with van der Waals surface area (Å²) in [7, 11) is -2.81. The largest absolute Gasteiger partial charge is 0.346 e. The van der Waals surface area contributed by atoms with Gasteiger partial charge in [-0.1, -0.05) is 19.1 Å². The fourth-order valence-electron chi connectivity index (χ4n) is 3.38. The summed E-state index contributed by atoms with van der Waals surface area (Å²) in [5, 5.41) is 4.05. The summed E-state index contributed by atoms with van der Waals surface area (Å²) in [5.41, 5.74) is 2.33. The van der Waals surface area contributed by atoms with Crippen LogP contribution < -0.4 is 5.32 Å². The van der Waals surface area contributed by atoms with Crippen molar-refractivity contribution in [2.75, 3.05) is 43.0 Å². The lowest BCUT2D eigenvalue weighted by atomic mass is 10.1. The van der Waals surface area contributed by atoms with Gasteiger partial charge in [0.1, 0.15) is 0 Å². The number of hydrogen-bond acceptors (Lipinski definition) is 4. The molecule has 0 unspecified atom stereocenters. The Labute approximate surface area is 149 Å². The van der Waals surface area contributed by atoms with Crippen LogP contribution in [0.25, 0.3) is 0 Å². The highest BCUT2D eigenvalue weighted by atomic mass is 32.2. The van der Waals surface area contributed by atoms with Crippen LogP contribution >= 0.6 is 12.2 Å². The number of nitrogens with zero attached hydrogens (tertiary/aromatic N) is 2. The smallest absolute Gasteiger partial charge is 0.173 e. The molecule has 1 N–H and O–H groups in total. The standard InChI is InChI=1S/C17H25N3O2S2/c1-2-14-3-5-15(6-4-14)18-17(23)20-10-8-19(9-11-20)16-7-12-24(21,22)13-16/h3-6,16H,2,7-13H2,1H3,(H,18,23)/t16-/m1/s1. The Balaban J connectivity index is 1.49. The maximum Gasteiger partial charge on any atom is 0.173 e. The molecule has 1 aromatic rings. The minimum atomic E-state index is -2.81. The first kappa shape index (κ1) is 17.6. The number of piperazine rings is 1. The van der Waals surface area contributed by atoms with Gasteiger partial charge in [0, 0.05) is 37.9 Å². The zero-order chi connectivity index (χ0) is 17.2. The van der Waals surface area contributed by atoms with Crippen molar-refractivity contribution in [1.29, 1.82) is 0 Å². The summed E-state index contributed by atoms with van der Waals surface area (Å²) in [6.07, 6.45) is 1.80. The highest BCUT2D eigenvalue weighted by molar-refractivity contribution is 7.91. The SMILES string of the molecule is CCc1ccc(NC(=S)N2CCN([C@@H]3CCS(=O)(=O)C3)CC2)cc1. The van der Waals surface area contributed by atoms with E-state index in [4.69, 9.17) is 12.2 Å². The first-order valence-corrected chi connectivity index (χ1v) is 10.8. The molecule has 1 atom stereocenters. The minimum absolute atomic E-state index is 0.195. The van der Waals surface area contributed by atoms with Crippen molar-refractivity contribution in [1.82, 2.24) is 9.80 Å². The van der Waals surface area contributed by atoms with E-state index in [1.807, 2.05) is 0 Å². The summed E-state index contributed by atoms with van der Waals surface area (Å²) < 4.78 is 23.3. The number of sulfone groups is 1. The third-order valence-corrected chi connectivity index (χ3v) is 7.05. The summed E-state index contributed by atoms with van der Waals surface area (Å²) in [5.74, 6) is 0.658. The van der Waals surface area contributed by atoms with Gasteiger partial charge in [-0.05, 0) is 42.8 Å². The molecule has 2 heterocycles. The molecule has 2 fully saturated rings.